The Morgan fingerprint density at radius 1 is 1.31 bits per heavy atom. The molecule has 2 rings (SSSR count). The first-order valence-corrected chi connectivity index (χ1v) is 6.11. The molecule has 0 saturated carbocycles. The van der Waals surface area contributed by atoms with Crippen LogP contribution in [0.2, 0.25) is 0 Å². The second-order valence-electron chi connectivity index (χ2n) is 4.30. The summed E-state index contributed by atoms with van der Waals surface area (Å²) < 4.78 is 1.91. The van der Waals surface area contributed by atoms with Crippen molar-refractivity contribution in [1.82, 2.24) is 25.0 Å². The maximum atomic E-state index is 4.54. The van der Waals surface area contributed by atoms with Crippen LogP contribution in [-0.4, -0.2) is 45.8 Å². The van der Waals surface area contributed by atoms with Gasteiger partial charge in [0.2, 0.25) is 0 Å². The molecule has 1 N–H and O–H groups in total. The smallest absolute Gasteiger partial charge is 0.150 e. The van der Waals surface area contributed by atoms with Gasteiger partial charge in [-0.2, -0.15) is 5.10 Å². The molecule has 1 aromatic rings. The Kier molecular flexibility index (Phi) is 3.90. The summed E-state index contributed by atoms with van der Waals surface area (Å²) in [6.07, 6.45) is 2.13. The van der Waals surface area contributed by atoms with Crippen molar-refractivity contribution in [3.63, 3.8) is 0 Å². The van der Waals surface area contributed by atoms with Crippen molar-refractivity contribution in [2.45, 2.75) is 26.3 Å². The highest BCUT2D eigenvalue weighted by Crippen LogP contribution is 2.04. The van der Waals surface area contributed by atoms with Crippen molar-refractivity contribution in [3.05, 3.63) is 11.6 Å². The molecular weight excluding hydrogens is 202 g/mol. The molecule has 5 nitrogen and oxygen atoms in total. The molecule has 1 aromatic heterocycles. The second kappa shape index (κ2) is 5.41. The van der Waals surface area contributed by atoms with Crippen LogP contribution in [0.5, 0.6) is 0 Å². The first kappa shape index (κ1) is 11.5. The van der Waals surface area contributed by atoms with Gasteiger partial charge in [0.15, 0.2) is 5.82 Å². The first-order valence-electron chi connectivity index (χ1n) is 6.11. The van der Waals surface area contributed by atoms with Gasteiger partial charge in [0.25, 0.3) is 0 Å². The van der Waals surface area contributed by atoms with Gasteiger partial charge in [0.05, 0.1) is 6.54 Å². The molecule has 5 heteroatoms. The number of nitrogens with zero attached hydrogens (tertiary/aromatic N) is 4. The third-order valence-electron chi connectivity index (χ3n) is 3.01. The highest BCUT2D eigenvalue weighted by Gasteiger charge is 2.13. The van der Waals surface area contributed by atoms with Crippen LogP contribution in [-0.2, 0) is 20.0 Å². The van der Waals surface area contributed by atoms with E-state index in [9.17, 15) is 0 Å². The quantitative estimate of drug-likeness (QED) is 0.793. The number of aryl methyl sites for hydroxylation is 2. The molecule has 2 heterocycles. The van der Waals surface area contributed by atoms with Crippen molar-refractivity contribution >= 4 is 0 Å². The molecule has 0 aliphatic carbocycles. The Morgan fingerprint density at radius 2 is 2.19 bits per heavy atom. The zero-order valence-corrected chi connectivity index (χ0v) is 10.2. The molecule has 0 unspecified atom stereocenters. The zero-order chi connectivity index (χ0) is 11.4. The largest absolute Gasteiger partial charge is 0.315 e. The van der Waals surface area contributed by atoms with E-state index in [0.717, 1.165) is 50.8 Å². The minimum atomic E-state index is 0.912. The predicted octanol–water partition coefficient (Wildman–Crippen LogP) is 0.173. The van der Waals surface area contributed by atoms with Crippen LogP contribution in [0.3, 0.4) is 0 Å². The van der Waals surface area contributed by atoms with Crippen LogP contribution in [0.15, 0.2) is 0 Å². The van der Waals surface area contributed by atoms with Crippen LogP contribution in [0, 0.1) is 0 Å². The van der Waals surface area contributed by atoms with E-state index in [-0.39, 0.29) is 0 Å². The lowest BCUT2D eigenvalue weighted by atomic mass is 10.4. The van der Waals surface area contributed by atoms with Crippen molar-refractivity contribution < 1.29 is 0 Å². The van der Waals surface area contributed by atoms with E-state index >= 15 is 0 Å². The topological polar surface area (TPSA) is 46.0 Å². The summed E-state index contributed by atoms with van der Waals surface area (Å²) in [7, 11) is 1.98. The minimum Gasteiger partial charge on any atom is -0.315 e. The third-order valence-corrected chi connectivity index (χ3v) is 3.01. The van der Waals surface area contributed by atoms with Gasteiger partial charge in [-0.15, -0.1) is 0 Å². The van der Waals surface area contributed by atoms with E-state index in [1.165, 1.54) is 6.42 Å². The lowest BCUT2D eigenvalue weighted by molar-refractivity contribution is 0.273. The fraction of sp³-hybridized carbons (Fsp3) is 0.818. The second-order valence-corrected chi connectivity index (χ2v) is 4.30. The van der Waals surface area contributed by atoms with Gasteiger partial charge in [0, 0.05) is 26.6 Å². The summed E-state index contributed by atoms with van der Waals surface area (Å²) in [5.74, 6) is 2.03. The van der Waals surface area contributed by atoms with Crippen LogP contribution in [0.4, 0.5) is 0 Å². The highest BCUT2D eigenvalue weighted by molar-refractivity contribution is 4.92. The van der Waals surface area contributed by atoms with E-state index in [2.05, 4.69) is 27.2 Å². The first-order chi connectivity index (χ1) is 7.79. The number of rotatable bonds is 3. The molecule has 1 aliphatic heterocycles. The fourth-order valence-electron chi connectivity index (χ4n) is 2.02. The molecule has 90 valence electrons. The highest BCUT2D eigenvalue weighted by atomic mass is 15.3. The van der Waals surface area contributed by atoms with E-state index in [1.54, 1.807) is 0 Å². The Labute approximate surface area is 96.8 Å². The molecule has 0 radical (unpaired) electrons. The number of aromatic nitrogens is 3. The van der Waals surface area contributed by atoms with E-state index < -0.39 is 0 Å². The molecule has 1 fully saturated rings. The van der Waals surface area contributed by atoms with Gasteiger partial charge >= 0.3 is 0 Å². The lowest BCUT2D eigenvalue weighted by Gasteiger charge is -2.18. The van der Waals surface area contributed by atoms with Gasteiger partial charge in [-0.1, -0.05) is 6.92 Å². The summed E-state index contributed by atoms with van der Waals surface area (Å²) in [5, 5.41) is 7.79. The molecule has 0 aromatic carbocycles. The Morgan fingerprint density at radius 3 is 2.94 bits per heavy atom. The Bertz CT molecular complexity index is 325. The fourth-order valence-corrected chi connectivity index (χ4v) is 2.02. The average molecular weight is 223 g/mol. The summed E-state index contributed by atoms with van der Waals surface area (Å²) >= 11 is 0. The maximum Gasteiger partial charge on any atom is 0.150 e. The average Bonchev–Trinajstić information content (AvgIpc) is 2.51. The molecule has 0 spiro atoms. The van der Waals surface area contributed by atoms with E-state index in [0.29, 0.717) is 0 Å². The van der Waals surface area contributed by atoms with Gasteiger partial charge in [-0.3, -0.25) is 9.58 Å². The van der Waals surface area contributed by atoms with Crippen LogP contribution >= 0.6 is 0 Å². The molecule has 0 amide bonds. The monoisotopic (exact) mass is 223 g/mol. The predicted molar refractivity (Wildman–Crippen MR) is 63.1 cm³/mol. The molecule has 0 atom stereocenters. The normalized spacial score (nSPS) is 18.6. The lowest BCUT2D eigenvalue weighted by Crippen LogP contribution is -2.28. The summed E-state index contributed by atoms with van der Waals surface area (Å²) in [6, 6.07) is 0. The van der Waals surface area contributed by atoms with Crippen molar-refractivity contribution in [2.24, 2.45) is 7.05 Å². The van der Waals surface area contributed by atoms with Crippen LogP contribution in [0.25, 0.3) is 0 Å². The summed E-state index contributed by atoms with van der Waals surface area (Å²) in [5.41, 5.74) is 0. The van der Waals surface area contributed by atoms with Crippen LogP contribution < -0.4 is 5.32 Å². The van der Waals surface area contributed by atoms with Gasteiger partial charge < -0.3 is 5.32 Å². The minimum absolute atomic E-state index is 0.912. The number of hydrogen-bond donors (Lipinski definition) is 1. The van der Waals surface area contributed by atoms with Gasteiger partial charge in [0.1, 0.15) is 5.82 Å². The third kappa shape index (κ3) is 2.80. The zero-order valence-electron chi connectivity index (χ0n) is 10.2. The molecule has 1 saturated heterocycles. The van der Waals surface area contributed by atoms with Crippen molar-refractivity contribution in [2.75, 3.05) is 26.2 Å². The standard InChI is InChI=1S/C11H21N5/c1-3-10-13-11(15(2)14-10)9-16-7-4-5-12-6-8-16/h12H,3-9H2,1-2H3. The SMILES string of the molecule is CCc1nc(CN2CCCNCC2)n(C)n1. The molecule has 0 bridgehead atoms. The van der Waals surface area contributed by atoms with E-state index in [4.69, 9.17) is 0 Å². The molecular formula is C11H21N5. The summed E-state index contributed by atoms with van der Waals surface area (Å²) in [6.45, 7) is 7.49. The number of nitrogens with one attached hydrogen (secondary N) is 1. The van der Waals surface area contributed by atoms with Crippen LogP contribution in [0.1, 0.15) is 25.0 Å². The van der Waals surface area contributed by atoms with Gasteiger partial charge in [-0.25, -0.2) is 4.98 Å². The van der Waals surface area contributed by atoms with Gasteiger partial charge in [-0.05, 0) is 19.5 Å². The Hall–Kier alpha value is -0.940. The van der Waals surface area contributed by atoms with Crippen molar-refractivity contribution in [1.29, 1.82) is 0 Å². The summed E-state index contributed by atoms with van der Waals surface area (Å²) in [4.78, 5) is 6.99. The molecule has 1 aliphatic rings. The maximum absolute atomic E-state index is 4.54. The Balaban J connectivity index is 1.98. The van der Waals surface area contributed by atoms with E-state index in [1.807, 2.05) is 11.7 Å². The van der Waals surface area contributed by atoms with Crippen molar-refractivity contribution in [3.8, 4) is 0 Å². The molecule has 16 heavy (non-hydrogen) atoms. The number of hydrogen-bond acceptors (Lipinski definition) is 4.